The van der Waals surface area contributed by atoms with Crippen molar-refractivity contribution in [2.45, 2.75) is 31.9 Å². The van der Waals surface area contributed by atoms with Gasteiger partial charge in [0, 0.05) is 38.0 Å². The third-order valence-electron chi connectivity index (χ3n) is 3.36. The molecule has 0 saturated carbocycles. The normalized spacial score (nSPS) is 25.0. The first-order valence-electron chi connectivity index (χ1n) is 6.02. The Labute approximate surface area is 102 Å². The van der Waals surface area contributed by atoms with Gasteiger partial charge in [0.25, 0.3) is 0 Å². The maximum Gasteiger partial charge on any atom is 0.132 e. The van der Waals surface area contributed by atoms with E-state index in [1.54, 1.807) is 13.4 Å². The first-order chi connectivity index (χ1) is 8.24. The molecule has 0 aliphatic carbocycles. The summed E-state index contributed by atoms with van der Waals surface area (Å²) >= 11 is 0. The van der Waals surface area contributed by atoms with Gasteiger partial charge in [-0.15, -0.1) is 0 Å². The van der Waals surface area contributed by atoms with Crippen molar-refractivity contribution in [1.29, 1.82) is 0 Å². The zero-order valence-corrected chi connectivity index (χ0v) is 10.5. The van der Waals surface area contributed by atoms with E-state index in [9.17, 15) is 0 Å². The fourth-order valence-corrected chi connectivity index (χ4v) is 2.35. The van der Waals surface area contributed by atoms with Crippen molar-refractivity contribution in [2.75, 3.05) is 25.1 Å². The van der Waals surface area contributed by atoms with Crippen molar-refractivity contribution in [3.63, 3.8) is 0 Å². The van der Waals surface area contributed by atoms with Crippen LogP contribution < -0.4 is 10.6 Å². The zero-order valence-electron chi connectivity index (χ0n) is 10.5. The number of hydrogen-bond acceptors (Lipinski definition) is 5. The molecule has 0 amide bonds. The topological polar surface area (TPSA) is 64.3 Å². The standard InChI is InChI=1S/C12H20N4O/c1-9-5-12(15-8-14-9)16-4-3-11(17-2)6-10(16)7-13/h5,8,10-11H,3-4,6-7,13H2,1-2H3. The number of piperidine rings is 1. The van der Waals surface area contributed by atoms with E-state index < -0.39 is 0 Å². The van der Waals surface area contributed by atoms with E-state index in [4.69, 9.17) is 10.5 Å². The van der Waals surface area contributed by atoms with Crippen LogP contribution in [-0.2, 0) is 4.74 Å². The van der Waals surface area contributed by atoms with Crippen LogP contribution in [0, 0.1) is 6.92 Å². The van der Waals surface area contributed by atoms with E-state index in [2.05, 4.69) is 14.9 Å². The fourth-order valence-electron chi connectivity index (χ4n) is 2.35. The molecule has 2 heterocycles. The van der Waals surface area contributed by atoms with Gasteiger partial charge >= 0.3 is 0 Å². The molecule has 1 aromatic heterocycles. The molecular weight excluding hydrogens is 216 g/mol. The number of nitrogens with zero attached hydrogens (tertiary/aromatic N) is 3. The summed E-state index contributed by atoms with van der Waals surface area (Å²) in [5.74, 6) is 0.975. The molecule has 2 unspecified atom stereocenters. The fraction of sp³-hybridized carbons (Fsp3) is 0.667. The minimum atomic E-state index is 0.308. The number of aryl methyl sites for hydroxylation is 1. The van der Waals surface area contributed by atoms with E-state index in [1.807, 2.05) is 13.0 Å². The van der Waals surface area contributed by atoms with Gasteiger partial charge < -0.3 is 15.4 Å². The van der Waals surface area contributed by atoms with Crippen LogP contribution >= 0.6 is 0 Å². The van der Waals surface area contributed by atoms with Gasteiger partial charge in [0.05, 0.1) is 6.10 Å². The molecule has 0 aromatic carbocycles. The summed E-state index contributed by atoms with van der Waals surface area (Å²) in [6.07, 6.45) is 3.93. The number of aromatic nitrogens is 2. The summed E-state index contributed by atoms with van der Waals surface area (Å²) in [5.41, 5.74) is 6.83. The average molecular weight is 236 g/mol. The van der Waals surface area contributed by atoms with E-state index in [1.165, 1.54) is 0 Å². The van der Waals surface area contributed by atoms with Gasteiger partial charge in [-0.1, -0.05) is 0 Å². The Balaban J connectivity index is 2.15. The predicted octanol–water partition coefficient (Wildman–Crippen LogP) is 0.728. The van der Waals surface area contributed by atoms with Crippen molar-refractivity contribution >= 4 is 5.82 Å². The quantitative estimate of drug-likeness (QED) is 0.838. The van der Waals surface area contributed by atoms with Crippen LogP contribution in [0.25, 0.3) is 0 Å². The summed E-state index contributed by atoms with van der Waals surface area (Å²) < 4.78 is 5.42. The summed E-state index contributed by atoms with van der Waals surface area (Å²) in [5, 5.41) is 0. The summed E-state index contributed by atoms with van der Waals surface area (Å²) in [6, 6.07) is 2.32. The summed E-state index contributed by atoms with van der Waals surface area (Å²) in [6.45, 7) is 3.55. The van der Waals surface area contributed by atoms with Crippen LogP contribution in [0.1, 0.15) is 18.5 Å². The Hall–Kier alpha value is -1.20. The molecule has 1 saturated heterocycles. The van der Waals surface area contributed by atoms with E-state index in [0.29, 0.717) is 18.7 Å². The van der Waals surface area contributed by atoms with Crippen LogP contribution in [0.5, 0.6) is 0 Å². The van der Waals surface area contributed by atoms with Crippen molar-refractivity contribution in [3.05, 3.63) is 18.1 Å². The summed E-state index contributed by atoms with van der Waals surface area (Å²) in [7, 11) is 1.77. The molecule has 2 atom stereocenters. The Bertz CT molecular complexity index is 371. The highest BCUT2D eigenvalue weighted by Crippen LogP contribution is 2.24. The lowest BCUT2D eigenvalue weighted by molar-refractivity contribution is 0.0708. The Morgan fingerprint density at radius 2 is 2.35 bits per heavy atom. The zero-order chi connectivity index (χ0) is 12.3. The van der Waals surface area contributed by atoms with Gasteiger partial charge in [-0.25, -0.2) is 9.97 Å². The van der Waals surface area contributed by atoms with Gasteiger partial charge in [-0.2, -0.15) is 0 Å². The SMILES string of the molecule is COC1CCN(c2cc(C)ncn2)C(CN)C1. The maximum absolute atomic E-state index is 5.85. The largest absolute Gasteiger partial charge is 0.381 e. The minimum Gasteiger partial charge on any atom is -0.381 e. The molecule has 0 bridgehead atoms. The lowest BCUT2D eigenvalue weighted by Gasteiger charge is -2.39. The second-order valence-electron chi connectivity index (χ2n) is 4.48. The molecule has 5 nitrogen and oxygen atoms in total. The van der Waals surface area contributed by atoms with Gasteiger partial charge in [-0.05, 0) is 19.8 Å². The highest BCUT2D eigenvalue weighted by atomic mass is 16.5. The molecule has 94 valence electrons. The number of anilines is 1. The lowest BCUT2D eigenvalue weighted by Crippen LogP contribution is -2.49. The molecule has 1 fully saturated rings. The van der Waals surface area contributed by atoms with Gasteiger partial charge in [-0.3, -0.25) is 0 Å². The van der Waals surface area contributed by atoms with Gasteiger partial charge in [0.15, 0.2) is 0 Å². The highest BCUT2D eigenvalue weighted by molar-refractivity contribution is 5.41. The molecule has 0 spiro atoms. The number of methoxy groups -OCH3 is 1. The van der Waals surface area contributed by atoms with Crippen molar-refractivity contribution in [1.82, 2.24) is 9.97 Å². The minimum absolute atomic E-state index is 0.308. The number of nitrogens with two attached hydrogens (primary N) is 1. The van der Waals surface area contributed by atoms with Crippen molar-refractivity contribution < 1.29 is 4.74 Å². The smallest absolute Gasteiger partial charge is 0.132 e. The third kappa shape index (κ3) is 2.73. The van der Waals surface area contributed by atoms with Crippen molar-refractivity contribution in [2.24, 2.45) is 5.73 Å². The second kappa shape index (κ2) is 5.42. The molecule has 2 N–H and O–H groups in total. The van der Waals surface area contributed by atoms with Crippen LogP contribution in [-0.4, -0.2) is 42.3 Å². The highest BCUT2D eigenvalue weighted by Gasteiger charge is 2.28. The van der Waals surface area contributed by atoms with Crippen LogP contribution in [0.4, 0.5) is 5.82 Å². The molecular formula is C12H20N4O. The first kappa shape index (κ1) is 12.3. The summed E-state index contributed by atoms with van der Waals surface area (Å²) in [4.78, 5) is 10.7. The lowest BCUT2D eigenvalue weighted by atomic mass is 9.99. The molecule has 17 heavy (non-hydrogen) atoms. The molecule has 1 aliphatic heterocycles. The Morgan fingerprint density at radius 1 is 1.53 bits per heavy atom. The second-order valence-corrected chi connectivity index (χ2v) is 4.48. The molecule has 0 radical (unpaired) electrons. The van der Waals surface area contributed by atoms with Crippen LogP contribution in [0.15, 0.2) is 12.4 Å². The van der Waals surface area contributed by atoms with E-state index in [-0.39, 0.29) is 0 Å². The first-order valence-corrected chi connectivity index (χ1v) is 6.02. The third-order valence-corrected chi connectivity index (χ3v) is 3.36. The monoisotopic (exact) mass is 236 g/mol. The van der Waals surface area contributed by atoms with Gasteiger partial charge in [0.2, 0.25) is 0 Å². The van der Waals surface area contributed by atoms with Crippen molar-refractivity contribution in [3.8, 4) is 0 Å². The van der Waals surface area contributed by atoms with Crippen LogP contribution in [0.3, 0.4) is 0 Å². The maximum atomic E-state index is 5.85. The van der Waals surface area contributed by atoms with Crippen LogP contribution in [0.2, 0.25) is 0 Å². The number of hydrogen-bond donors (Lipinski definition) is 1. The average Bonchev–Trinajstić information content (AvgIpc) is 2.38. The van der Waals surface area contributed by atoms with Gasteiger partial charge in [0.1, 0.15) is 12.1 Å². The number of rotatable bonds is 3. The molecule has 2 rings (SSSR count). The predicted molar refractivity (Wildman–Crippen MR) is 67.0 cm³/mol. The number of ether oxygens (including phenoxy) is 1. The Kier molecular flexibility index (Phi) is 3.91. The molecule has 1 aliphatic rings. The van der Waals surface area contributed by atoms with E-state index >= 15 is 0 Å². The molecule has 1 aromatic rings. The Morgan fingerprint density at radius 3 is 3.00 bits per heavy atom. The molecule has 5 heteroatoms. The van der Waals surface area contributed by atoms with E-state index in [0.717, 1.165) is 30.9 Å².